The first-order chi connectivity index (χ1) is 29.8. The largest absolute Gasteiger partial charge is 0.349 e. The monoisotopic (exact) mass is 880 g/mol. The second-order valence-electron chi connectivity index (χ2n) is 16.7. The van der Waals surface area contributed by atoms with Crippen LogP contribution in [0.5, 0.6) is 0 Å². The number of pyridine rings is 2. The van der Waals surface area contributed by atoms with E-state index >= 15 is 0 Å². The van der Waals surface area contributed by atoms with E-state index in [1.165, 1.54) is 22.3 Å². The fourth-order valence-corrected chi connectivity index (χ4v) is 7.98. The summed E-state index contributed by atoms with van der Waals surface area (Å²) in [5.41, 5.74) is 16.4. The number of nitrogens with one attached hydrogen (secondary N) is 4. The van der Waals surface area contributed by atoms with Crippen LogP contribution >= 0.6 is 24.4 Å². The predicted octanol–water partition coefficient (Wildman–Crippen LogP) is 10.0. The van der Waals surface area contributed by atoms with Crippen LogP contribution in [0.2, 0.25) is 0 Å². The van der Waals surface area contributed by atoms with Gasteiger partial charge in [0.15, 0.2) is 0 Å². The summed E-state index contributed by atoms with van der Waals surface area (Å²) in [7, 11) is 8.38. The molecule has 6 aromatic rings. The van der Waals surface area contributed by atoms with Crippen LogP contribution in [-0.2, 0) is 25.7 Å². The van der Waals surface area contributed by atoms with Gasteiger partial charge < -0.3 is 31.1 Å². The van der Waals surface area contributed by atoms with Gasteiger partial charge in [-0.2, -0.15) is 0 Å². The summed E-state index contributed by atoms with van der Waals surface area (Å²) in [5.74, 6) is 1.13. The molecule has 4 N–H and O–H groups in total. The molecule has 0 unspecified atom stereocenters. The standard InChI is InChI=1S/2C24H28N6S.CH4/c2*1-15-7-8-19-21(10-15)27-22(31)12-18-14-26-24(29-23(18)19)28-20-11-17(13-25-16(20)2)6-5-9-30(3)4;/h2*7-8,10-11,13-14H,5-6,9,12H2,1-4H3,(H,27,31)(H,26,28,29);1H4. The van der Waals surface area contributed by atoms with E-state index in [4.69, 9.17) is 34.4 Å². The first-order valence-electron chi connectivity index (χ1n) is 21.1. The normalized spacial score (nSPS) is 12.5. The Morgan fingerprint density at radius 1 is 0.571 bits per heavy atom. The van der Waals surface area contributed by atoms with Gasteiger partial charge in [0.1, 0.15) is 0 Å². The van der Waals surface area contributed by atoms with Gasteiger partial charge in [-0.15, -0.1) is 0 Å². The molecule has 328 valence electrons. The number of anilines is 6. The molecule has 0 spiro atoms. The molecule has 8 rings (SSSR count). The van der Waals surface area contributed by atoms with E-state index in [9.17, 15) is 0 Å². The third-order valence-electron chi connectivity index (χ3n) is 10.8. The van der Waals surface area contributed by atoms with E-state index < -0.39 is 0 Å². The molecule has 0 fully saturated rings. The highest BCUT2D eigenvalue weighted by Gasteiger charge is 2.21. The molecule has 4 aromatic heterocycles. The molecule has 0 saturated carbocycles. The van der Waals surface area contributed by atoms with Gasteiger partial charge in [0.2, 0.25) is 11.9 Å². The quantitative estimate of drug-likeness (QED) is 0.0870. The maximum absolute atomic E-state index is 5.51. The fourth-order valence-electron chi connectivity index (χ4n) is 7.45. The molecule has 2 aliphatic rings. The maximum Gasteiger partial charge on any atom is 0.227 e. The molecular weight excluding hydrogens is 821 g/mol. The van der Waals surface area contributed by atoms with E-state index in [1.807, 2.05) is 38.6 Å². The number of benzene rings is 2. The number of aryl methyl sites for hydroxylation is 6. The third-order valence-corrected chi connectivity index (χ3v) is 11.3. The Hall–Kier alpha value is -5.80. The van der Waals surface area contributed by atoms with Crippen LogP contribution in [0.1, 0.15) is 65.0 Å². The van der Waals surface area contributed by atoms with Crippen molar-refractivity contribution in [2.24, 2.45) is 0 Å². The van der Waals surface area contributed by atoms with Gasteiger partial charge in [-0.1, -0.05) is 56.1 Å². The molecule has 0 aliphatic carbocycles. The van der Waals surface area contributed by atoms with Gasteiger partial charge in [-0.3, -0.25) is 9.97 Å². The summed E-state index contributed by atoms with van der Waals surface area (Å²) in [6, 6.07) is 16.9. The van der Waals surface area contributed by atoms with Crippen molar-refractivity contribution >= 4 is 69.1 Å². The molecule has 0 amide bonds. The Labute approximate surface area is 383 Å². The Morgan fingerprint density at radius 2 is 0.984 bits per heavy atom. The molecule has 63 heavy (non-hydrogen) atoms. The molecule has 2 aliphatic heterocycles. The van der Waals surface area contributed by atoms with E-state index in [2.05, 4.69) is 142 Å². The molecule has 6 heterocycles. The minimum atomic E-state index is 0. The van der Waals surface area contributed by atoms with Crippen molar-refractivity contribution in [2.75, 3.05) is 62.5 Å². The molecule has 12 nitrogen and oxygen atoms in total. The van der Waals surface area contributed by atoms with E-state index in [0.717, 1.165) is 117 Å². The van der Waals surface area contributed by atoms with Crippen molar-refractivity contribution in [2.45, 2.75) is 73.6 Å². The highest BCUT2D eigenvalue weighted by molar-refractivity contribution is 7.80. The van der Waals surface area contributed by atoms with Crippen LogP contribution in [0, 0.1) is 27.7 Å². The summed E-state index contributed by atoms with van der Waals surface area (Å²) in [6.45, 7) is 10.3. The lowest BCUT2D eigenvalue weighted by Gasteiger charge is -2.13. The van der Waals surface area contributed by atoms with Crippen LogP contribution in [0.4, 0.5) is 34.6 Å². The Morgan fingerprint density at radius 3 is 1.38 bits per heavy atom. The predicted molar refractivity (Wildman–Crippen MR) is 269 cm³/mol. The smallest absolute Gasteiger partial charge is 0.227 e. The van der Waals surface area contributed by atoms with Gasteiger partial charge in [-0.05, 0) is 141 Å². The van der Waals surface area contributed by atoms with Gasteiger partial charge in [-0.25, -0.2) is 19.9 Å². The van der Waals surface area contributed by atoms with Gasteiger partial charge in [0.05, 0.1) is 44.1 Å². The van der Waals surface area contributed by atoms with Crippen LogP contribution in [-0.4, -0.2) is 91.0 Å². The lowest BCUT2D eigenvalue weighted by molar-refractivity contribution is 0.400. The number of fused-ring (bicyclic) bond motifs is 6. The van der Waals surface area contributed by atoms with Crippen molar-refractivity contribution in [1.29, 1.82) is 0 Å². The number of thiocarbonyl (C=S) groups is 2. The molecule has 2 aromatic carbocycles. The van der Waals surface area contributed by atoms with Crippen molar-refractivity contribution < 1.29 is 0 Å². The molecule has 0 atom stereocenters. The van der Waals surface area contributed by atoms with Crippen molar-refractivity contribution in [3.05, 3.63) is 118 Å². The Kier molecular flexibility index (Phi) is 15.6. The average Bonchev–Trinajstić information content (AvgIpc) is 3.44. The first kappa shape index (κ1) is 46.7. The molecule has 0 saturated heterocycles. The molecule has 14 heteroatoms. The average molecular weight is 881 g/mol. The molecule has 0 radical (unpaired) electrons. The summed E-state index contributed by atoms with van der Waals surface area (Å²) in [4.78, 5) is 34.0. The Balaban J connectivity index is 0.000000206. The van der Waals surface area contributed by atoms with Crippen LogP contribution in [0.3, 0.4) is 0 Å². The lowest BCUT2D eigenvalue weighted by atomic mass is 10.0. The number of nitrogens with zero attached hydrogens (tertiary/aromatic N) is 8. The molecule has 0 bridgehead atoms. The van der Waals surface area contributed by atoms with E-state index in [-0.39, 0.29) is 7.43 Å². The zero-order valence-corrected chi connectivity index (χ0v) is 38.6. The summed E-state index contributed by atoms with van der Waals surface area (Å²) < 4.78 is 0. The van der Waals surface area contributed by atoms with Crippen LogP contribution in [0.15, 0.2) is 73.3 Å². The number of rotatable bonds is 12. The van der Waals surface area contributed by atoms with Gasteiger partial charge in [0.25, 0.3) is 0 Å². The minimum absolute atomic E-state index is 0. The lowest BCUT2D eigenvalue weighted by Crippen LogP contribution is -2.13. The second-order valence-corrected chi connectivity index (χ2v) is 17.7. The number of hydrogen-bond donors (Lipinski definition) is 4. The highest BCUT2D eigenvalue weighted by atomic mass is 32.1. The van der Waals surface area contributed by atoms with Gasteiger partial charge in [0, 0.05) is 71.3 Å². The Bertz CT molecular complexity index is 2430. The second kappa shape index (κ2) is 21.0. The van der Waals surface area contributed by atoms with Crippen LogP contribution < -0.4 is 21.3 Å². The maximum atomic E-state index is 5.51. The zero-order valence-electron chi connectivity index (χ0n) is 37.0. The van der Waals surface area contributed by atoms with Crippen molar-refractivity contribution in [3.63, 3.8) is 0 Å². The SMILES string of the molecule is C.Cc1ccc2c(c1)NC(=S)Cc1cnc(Nc3cc(CCCN(C)C)cnc3C)nc1-2.Cc1ccc2c(c1)NC(=S)Cc1cnc(Nc3cc(CCCN(C)C)cnc3C)nc1-2. The van der Waals surface area contributed by atoms with E-state index in [1.54, 1.807) is 0 Å². The number of aromatic nitrogens is 6. The van der Waals surface area contributed by atoms with Crippen molar-refractivity contribution in [3.8, 4) is 22.5 Å². The summed E-state index contributed by atoms with van der Waals surface area (Å²) in [5, 5.41) is 13.5. The third kappa shape index (κ3) is 12.2. The summed E-state index contributed by atoms with van der Waals surface area (Å²) in [6.07, 6.45) is 13.1. The number of hydrogen-bond acceptors (Lipinski definition) is 12. The topological polar surface area (TPSA) is 132 Å². The zero-order chi connectivity index (χ0) is 43.9. The fraction of sp³-hybridized carbons (Fsp3) is 0.347. The highest BCUT2D eigenvalue weighted by Crippen LogP contribution is 2.36. The van der Waals surface area contributed by atoms with Gasteiger partial charge >= 0.3 is 0 Å². The minimum Gasteiger partial charge on any atom is -0.349 e. The van der Waals surface area contributed by atoms with E-state index in [0.29, 0.717) is 24.7 Å². The first-order valence-corrected chi connectivity index (χ1v) is 21.9. The molecular formula is C49H60N12S2. The van der Waals surface area contributed by atoms with Crippen molar-refractivity contribution in [1.82, 2.24) is 39.7 Å². The summed E-state index contributed by atoms with van der Waals surface area (Å²) >= 11 is 11.0. The van der Waals surface area contributed by atoms with Crippen LogP contribution in [0.25, 0.3) is 22.5 Å².